The lowest BCUT2D eigenvalue weighted by atomic mass is 10.2. The van der Waals surface area contributed by atoms with Crippen LogP contribution in [0.5, 0.6) is 11.5 Å². The molecule has 0 aliphatic rings. The molecule has 0 saturated carbocycles. The number of rotatable bonds is 8. The number of ether oxygens (including phenoxy) is 2. The average Bonchev–Trinajstić information content (AvgIpc) is 2.65. The number of anilines is 1. The van der Waals surface area contributed by atoms with E-state index in [0.29, 0.717) is 17.2 Å². The first-order valence-electron chi connectivity index (χ1n) is 8.31. The predicted molar refractivity (Wildman–Crippen MR) is 105 cm³/mol. The third-order valence-electron chi connectivity index (χ3n) is 4.04. The van der Waals surface area contributed by atoms with Gasteiger partial charge < -0.3 is 14.8 Å². The molecule has 1 N–H and O–H groups in total. The quantitative estimate of drug-likeness (QED) is 0.744. The smallest absolute Gasteiger partial charge is 0.243 e. The second-order valence-electron chi connectivity index (χ2n) is 5.97. The van der Waals surface area contributed by atoms with Crippen molar-refractivity contribution in [3.63, 3.8) is 0 Å². The van der Waals surface area contributed by atoms with Crippen LogP contribution in [0.4, 0.5) is 5.69 Å². The number of nitrogens with one attached hydrogen (secondary N) is 1. The van der Waals surface area contributed by atoms with Gasteiger partial charge >= 0.3 is 0 Å². The van der Waals surface area contributed by atoms with Crippen LogP contribution in [-0.4, -0.2) is 40.8 Å². The molecule has 0 heterocycles. The summed E-state index contributed by atoms with van der Waals surface area (Å²) in [5.74, 6) is 0.732. The molecule has 1 atom stereocenters. The third kappa shape index (κ3) is 5.13. The van der Waals surface area contributed by atoms with Gasteiger partial charge in [0.1, 0.15) is 17.5 Å². The van der Waals surface area contributed by atoms with Gasteiger partial charge in [-0.25, -0.2) is 8.42 Å². The fourth-order valence-electron chi connectivity index (χ4n) is 2.74. The van der Waals surface area contributed by atoms with Crippen molar-refractivity contribution in [2.45, 2.75) is 19.5 Å². The Balaban J connectivity index is 2.22. The summed E-state index contributed by atoms with van der Waals surface area (Å²) in [4.78, 5) is 12.6. The predicted octanol–water partition coefficient (Wildman–Crippen LogP) is 2.17. The maximum atomic E-state index is 12.6. The highest BCUT2D eigenvalue weighted by Gasteiger charge is 2.29. The Morgan fingerprint density at radius 1 is 1.11 bits per heavy atom. The average molecular weight is 392 g/mol. The molecule has 0 radical (unpaired) electrons. The fraction of sp³-hybridized carbons (Fsp3) is 0.316. The van der Waals surface area contributed by atoms with E-state index < -0.39 is 22.0 Å². The van der Waals surface area contributed by atoms with Gasteiger partial charge in [-0.2, -0.15) is 0 Å². The van der Waals surface area contributed by atoms with E-state index in [9.17, 15) is 13.2 Å². The number of carbonyl (C=O) groups excluding carboxylic acids is 1. The molecule has 2 rings (SSSR count). The Labute approximate surface area is 160 Å². The highest BCUT2D eigenvalue weighted by Crippen LogP contribution is 2.25. The van der Waals surface area contributed by atoms with Crippen LogP contribution in [0.3, 0.4) is 0 Å². The molecule has 7 nitrogen and oxygen atoms in total. The summed E-state index contributed by atoms with van der Waals surface area (Å²) < 4.78 is 36.2. The van der Waals surface area contributed by atoms with Crippen molar-refractivity contribution in [1.82, 2.24) is 5.32 Å². The highest BCUT2D eigenvalue weighted by molar-refractivity contribution is 7.92. The molecule has 2 aromatic rings. The van der Waals surface area contributed by atoms with Crippen molar-refractivity contribution < 1.29 is 22.7 Å². The van der Waals surface area contributed by atoms with Crippen LogP contribution in [0.1, 0.15) is 12.5 Å². The van der Waals surface area contributed by atoms with Crippen molar-refractivity contribution in [2.75, 3.05) is 24.8 Å². The van der Waals surface area contributed by atoms with E-state index >= 15 is 0 Å². The minimum Gasteiger partial charge on any atom is -0.497 e. The molecule has 0 unspecified atom stereocenters. The van der Waals surface area contributed by atoms with Gasteiger partial charge in [0, 0.05) is 18.2 Å². The molecule has 27 heavy (non-hydrogen) atoms. The van der Waals surface area contributed by atoms with Crippen LogP contribution in [-0.2, 0) is 21.4 Å². The van der Waals surface area contributed by atoms with E-state index in [1.54, 1.807) is 37.4 Å². The van der Waals surface area contributed by atoms with Crippen LogP contribution in [0, 0.1) is 0 Å². The first-order valence-corrected chi connectivity index (χ1v) is 10.2. The number of carbonyl (C=O) groups is 1. The van der Waals surface area contributed by atoms with Gasteiger partial charge in [-0.1, -0.05) is 24.3 Å². The van der Waals surface area contributed by atoms with Gasteiger partial charge in [0.2, 0.25) is 15.9 Å². The number of hydrogen-bond acceptors (Lipinski definition) is 5. The summed E-state index contributed by atoms with van der Waals surface area (Å²) in [6.07, 6.45) is 1.07. The Hall–Kier alpha value is -2.74. The molecule has 0 fully saturated rings. The zero-order chi connectivity index (χ0) is 20.0. The molecule has 2 aromatic carbocycles. The molecule has 8 heteroatoms. The molecule has 1 amide bonds. The monoisotopic (exact) mass is 392 g/mol. The minimum absolute atomic E-state index is 0.225. The van der Waals surface area contributed by atoms with Crippen molar-refractivity contribution >= 4 is 21.6 Å². The molecule has 0 bridgehead atoms. The van der Waals surface area contributed by atoms with Gasteiger partial charge in [-0.05, 0) is 25.1 Å². The molecule has 146 valence electrons. The molecule has 0 aromatic heterocycles. The molecule has 0 aliphatic carbocycles. The Morgan fingerprint density at radius 3 is 2.44 bits per heavy atom. The van der Waals surface area contributed by atoms with Crippen molar-refractivity contribution in [2.24, 2.45) is 0 Å². The number of hydrogen-bond donors (Lipinski definition) is 1. The second kappa shape index (κ2) is 8.77. The lowest BCUT2D eigenvalue weighted by molar-refractivity contribution is -0.122. The van der Waals surface area contributed by atoms with Crippen LogP contribution in [0.25, 0.3) is 0 Å². The number of nitrogens with zero attached hydrogens (tertiary/aromatic N) is 1. The normalized spacial score (nSPS) is 12.1. The molecule has 0 spiro atoms. The van der Waals surface area contributed by atoms with Gasteiger partial charge in [0.05, 0.1) is 26.2 Å². The lowest BCUT2D eigenvalue weighted by Gasteiger charge is -2.28. The summed E-state index contributed by atoms with van der Waals surface area (Å²) in [5, 5.41) is 2.77. The number of methoxy groups -OCH3 is 2. The first-order chi connectivity index (χ1) is 12.8. The number of amides is 1. The number of benzene rings is 2. The van der Waals surface area contributed by atoms with Gasteiger partial charge in [-0.15, -0.1) is 0 Å². The summed E-state index contributed by atoms with van der Waals surface area (Å²) in [5.41, 5.74) is 1.16. The van der Waals surface area contributed by atoms with Gasteiger partial charge in [0.25, 0.3) is 0 Å². The van der Waals surface area contributed by atoms with E-state index in [2.05, 4.69) is 5.32 Å². The fourth-order valence-corrected chi connectivity index (χ4v) is 3.90. The summed E-state index contributed by atoms with van der Waals surface area (Å²) in [7, 11) is -0.644. The summed E-state index contributed by atoms with van der Waals surface area (Å²) in [6, 6.07) is 12.9. The maximum absolute atomic E-state index is 12.6. The second-order valence-corrected chi connectivity index (χ2v) is 7.83. The molecular weight excluding hydrogens is 368 g/mol. The Kier molecular flexibility index (Phi) is 6.68. The van der Waals surface area contributed by atoms with Crippen LogP contribution in [0.15, 0.2) is 48.5 Å². The molecule has 0 aliphatic heterocycles. The van der Waals surface area contributed by atoms with Crippen molar-refractivity contribution in [1.29, 1.82) is 0 Å². The van der Waals surface area contributed by atoms with Gasteiger partial charge in [0.15, 0.2) is 0 Å². The Morgan fingerprint density at radius 2 is 1.81 bits per heavy atom. The zero-order valence-electron chi connectivity index (χ0n) is 15.8. The van der Waals surface area contributed by atoms with E-state index in [1.807, 2.05) is 18.2 Å². The molecular formula is C19H24N2O5S. The van der Waals surface area contributed by atoms with Crippen molar-refractivity contribution in [3.8, 4) is 11.5 Å². The SMILES string of the molecule is COc1cccc(N([C@@H](C)C(=O)NCc2ccccc2OC)S(C)(=O)=O)c1. The maximum Gasteiger partial charge on any atom is 0.243 e. The number of sulfonamides is 1. The lowest BCUT2D eigenvalue weighted by Crippen LogP contribution is -2.47. The van der Waals surface area contributed by atoms with E-state index in [4.69, 9.17) is 9.47 Å². The minimum atomic E-state index is -3.69. The van der Waals surface area contributed by atoms with E-state index in [1.165, 1.54) is 14.0 Å². The van der Waals surface area contributed by atoms with Crippen LogP contribution in [0.2, 0.25) is 0 Å². The Bertz CT molecular complexity index is 898. The van der Waals surface area contributed by atoms with Gasteiger partial charge in [-0.3, -0.25) is 9.10 Å². The van der Waals surface area contributed by atoms with Crippen LogP contribution >= 0.6 is 0 Å². The third-order valence-corrected chi connectivity index (χ3v) is 5.28. The van der Waals surface area contributed by atoms with E-state index in [0.717, 1.165) is 16.1 Å². The first kappa shape index (κ1) is 20.6. The summed E-state index contributed by atoms with van der Waals surface area (Å²) in [6.45, 7) is 1.76. The standard InChI is InChI=1S/C19H24N2O5S/c1-14(19(22)20-13-15-8-5-6-11-18(15)26-3)21(27(4,23)24)16-9-7-10-17(12-16)25-2/h5-12,14H,13H2,1-4H3,(H,20,22)/t14-/m0/s1. The van der Waals surface area contributed by atoms with E-state index in [-0.39, 0.29) is 6.54 Å². The topological polar surface area (TPSA) is 84.9 Å². The molecule has 0 saturated heterocycles. The van der Waals surface area contributed by atoms with Crippen molar-refractivity contribution in [3.05, 3.63) is 54.1 Å². The number of para-hydroxylation sites is 1. The van der Waals surface area contributed by atoms with Crippen LogP contribution < -0.4 is 19.1 Å². The zero-order valence-corrected chi connectivity index (χ0v) is 16.6. The largest absolute Gasteiger partial charge is 0.497 e. The summed E-state index contributed by atoms with van der Waals surface area (Å²) >= 11 is 0. The highest BCUT2D eigenvalue weighted by atomic mass is 32.2.